The van der Waals surface area contributed by atoms with Crippen LogP contribution in [0.1, 0.15) is 22.5 Å². The Morgan fingerprint density at radius 2 is 2.05 bits per heavy atom. The highest BCUT2D eigenvalue weighted by Gasteiger charge is 2.19. The average Bonchev–Trinajstić information content (AvgIpc) is 2.92. The molecule has 0 saturated carbocycles. The van der Waals surface area contributed by atoms with Crippen LogP contribution in [-0.4, -0.2) is 13.5 Å². The first-order valence-corrected chi connectivity index (χ1v) is 7.65. The molecule has 0 bridgehead atoms. The number of furan rings is 1. The lowest BCUT2D eigenvalue weighted by atomic mass is 10.1. The lowest BCUT2D eigenvalue weighted by Crippen LogP contribution is -2.24. The zero-order valence-electron chi connectivity index (χ0n) is 11.4. The van der Waals surface area contributed by atoms with E-state index in [0.717, 1.165) is 5.56 Å². The lowest BCUT2D eigenvalue weighted by molar-refractivity contribution is 0.281. The largest absolute Gasteiger partial charge is 0.468 e. The Bertz CT molecular complexity index is 690. The molecule has 1 aromatic heterocycles. The van der Waals surface area contributed by atoms with E-state index in [1.807, 2.05) is 6.92 Å². The van der Waals surface area contributed by atoms with Crippen molar-refractivity contribution in [2.75, 3.05) is 0 Å². The molecule has 1 heterocycles. The second-order valence-electron chi connectivity index (χ2n) is 4.60. The summed E-state index contributed by atoms with van der Waals surface area (Å²) < 4.78 is 32.3. The molecule has 0 aliphatic carbocycles. The van der Waals surface area contributed by atoms with Gasteiger partial charge in [-0.15, -0.1) is 0 Å². The molecule has 0 unspecified atom stereocenters. The second kappa shape index (κ2) is 5.78. The summed E-state index contributed by atoms with van der Waals surface area (Å²) in [7, 11) is -3.64. The van der Waals surface area contributed by atoms with Gasteiger partial charge in [0.1, 0.15) is 5.76 Å². The fraction of sp³-hybridized carbons (Fsp3) is 0.286. The highest BCUT2D eigenvalue weighted by atomic mass is 32.2. The standard InChI is InChI=1S/C14H17NO4S/c1-10-6-12(9-16)7-14(11(10)2)20(17,18)15-8-13-4-3-5-19-13/h3-7,15-16H,8-9H2,1-2H3. The van der Waals surface area contributed by atoms with Crippen LogP contribution in [0.15, 0.2) is 39.8 Å². The Morgan fingerprint density at radius 3 is 2.65 bits per heavy atom. The molecule has 20 heavy (non-hydrogen) atoms. The van der Waals surface area contributed by atoms with Crippen LogP contribution in [0.4, 0.5) is 0 Å². The Morgan fingerprint density at radius 1 is 1.30 bits per heavy atom. The van der Waals surface area contributed by atoms with Crippen molar-refractivity contribution in [2.24, 2.45) is 0 Å². The van der Waals surface area contributed by atoms with Crippen molar-refractivity contribution < 1.29 is 17.9 Å². The molecule has 0 aliphatic rings. The molecule has 0 saturated heterocycles. The van der Waals surface area contributed by atoms with Crippen molar-refractivity contribution in [3.8, 4) is 0 Å². The van der Waals surface area contributed by atoms with Crippen LogP contribution in [0.5, 0.6) is 0 Å². The van der Waals surface area contributed by atoms with E-state index in [1.54, 1.807) is 25.1 Å². The van der Waals surface area contributed by atoms with Gasteiger partial charge in [0.15, 0.2) is 0 Å². The Labute approximate surface area is 118 Å². The molecule has 0 radical (unpaired) electrons. The number of rotatable bonds is 5. The summed E-state index contributed by atoms with van der Waals surface area (Å²) in [6.07, 6.45) is 1.49. The Hall–Kier alpha value is -1.63. The summed E-state index contributed by atoms with van der Waals surface area (Å²) in [5, 5.41) is 9.19. The van der Waals surface area contributed by atoms with Gasteiger partial charge in [-0.1, -0.05) is 6.07 Å². The van der Waals surface area contributed by atoms with Crippen LogP contribution in [-0.2, 0) is 23.2 Å². The van der Waals surface area contributed by atoms with Crippen LogP contribution in [0.25, 0.3) is 0 Å². The van der Waals surface area contributed by atoms with Crippen LogP contribution < -0.4 is 4.72 Å². The number of aliphatic hydroxyl groups excluding tert-OH is 1. The SMILES string of the molecule is Cc1cc(CO)cc(S(=O)(=O)NCc2ccco2)c1C. The smallest absolute Gasteiger partial charge is 0.241 e. The van der Waals surface area contributed by atoms with Gasteiger partial charge in [0.2, 0.25) is 10.0 Å². The van der Waals surface area contributed by atoms with E-state index >= 15 is 0 Å². The predicted octanol–water partition coefficient (Wildman–Crippen LogP) is 1.87. The normalized spacial score (nSPS) is 11.8. The highest BCUT2D eigenvalue weighted by molar-refractivity contribution is 7.89. The van der Waals surface area contributed by atoms with Gasteiger partial charge in [-0.3, -0.25) is 0 Å². The third-order valence-corrected chi connectivity index (χ3v) is 4.70. The molecule has 0 atom stereocenters. The predicted molar refractivity (Wildman–Crippen MR) is 74.6 cm³/mol. The molecule has 108 valence electrons. The summed E-state index contributed by atoms with van der Waals surface area (Å²) in [5.41, 5.74) is 2.08. The van der Waals surface area contributed by atoms with Crippen molar-refractivity contribution in [1.82, 2.24) is 4.72 Å². The Kier molecular flexibility index (Phi) is 4.27. The fourth-order valence-electron chi connectivity index (χ4n) is 1.93. The minimum atomic E-state index is -3.64. The molecule has 0 aliphatic heterocycles. The molecule has 2 N–H and O–H groups in total. The van der Waals surface area contributed by atoms with Gasteiger partial charge in [-0.2, -0.15) is 0 Å². The number of nitrogens with one attached hydrogen (secondary N) is 1. The first-order chi connectivity index (χ1) is 9.44. The molecule has 1 aromatic carbocycles. The summed E-state index contributed by atoms with van der Waals surface area (Å²) in [6.45, 7) is 3.47. The van der Waals surface area contributed by atoms with Crippen molar-refractivity contribution >= 4 is 10.0 Å². The fourth-order valence-corrected chi connectivity index (χ4v) is 3.28. The van der Waals surface area contributed by atoms with Gasteiger partial charge in [0, 0.05) is 0 Å². The van der Waals surface area contributed by atoms with E-state index in [2.05, 4.69) is 4.72 Å². The molecule has 2 aromatic rings. The van der Waals surface area contributed by atoms with Crippen molar-refractivity contribution in [1.29, 1.82) is 0 Å². The molecule has 6 heteroatoms. The Balaban J connectivity index is 2.31. The maximum Gasteiger partial charge on any atom is 0.241 e. The van der Waals surface area contributed by atoms with Crippen molar-refractivity contribution in [3.63, 3.8) is 0 Å². The van der Waals surface area contributed by atoms with Crippen molar-refractivity contribution in [3.05, 3.63) is 53.0 Å². The number of hydrogen-bond acceptors (Lipinski definition) is 4. The number of aryl methyl sites for hydroxylation is 1. The van der Waals surface area contributed by atoms with Gasteiger partial charge >= 0.3 is 0 Å². The first-order valence-electron chi connectivity index (χ1n) is 6.17. The number of aliphatic hydroxyl groups is 1. The zero-order valence-corrected chi connectivity index (χ0v) is 12.2. The van der Waals surface area contributed by atoms with Gasteiger partial charge in [-0.05, 0) is 48.7 Å². The number of hydrogen-bond donors (Lipinski definition) is 2. The van der Waals surface area contributed by atoms with E-state index in [1.165, 1.54) is 12.3 Å². The molecule has 0 amide bonds. The molecule has 5 nitrogen and oxygen atoms in total. The van der Waals surface area contributed by atoms with Gasteiger partial charge in [0.05, 0.1) is 24.3 Å². The second-order valence-corrected chi connectivity index (χ2v) is 6.33. The maximum atomic E-state index is 12.3. The van der Waals surface area contributed by atoms with Crippen LogP contribution in [0.2, 0.25) is 0 Å². The topological polar surface area (TPSA) is 79.5 Å². The number of sulfonamides is 1. The minimum absolute atomic E-state index is 0.0944. The minimum Gasteiger partial charge on any atom is -0.468 e. The lowest BCUT2D eigenvalue weighted by Gasteiger charge is -2.12. The van der Waals surface area contributed by atoms with Crippen LogP contribution in [0.3, 0.4) is 0 Å². The summed E-state index contributed by atoms with van der Waals surface area (Å²) in [6, 6.07) is 6.67. The molecule has 0 spiro atoms. The number of benzene rings is 1. The van der Waals surface area contributed by atoms with E-state index < -0.39 is 10.0 Å². The quantitative estimate of drug-likeness (QED) is 0.882. The summed E-state index contributed by atoms with van der Waals surface area (Å²) in [4.78, 5) is 0.188. The van der Waals surface area contributed by atoms with Gasteiger partial charge < -0.3 is 9.52 Å². The molecular formula is C14H17NO4S. The third-order valence-electron chi connectivity index (χ3n) is 3.17. The van der Waals surface area contributed by atoms with Gasteiger partial charge in [0.25, 0.3) is 0 Å². The van der Waals surface area contributed by atoms with E-state index in [4.69, 9.17) is 4.42 Å². The maximum absolute atomic E-state index is 12.3. The van der Waals surface area contributed by atoms with E-state index in [-0.39, 0.29) is 18.0 Å². The first kappa shape index (κ1) is 14.8. The van der Waals surface area contributed by atoms with Crippen molar-refractivity contribution in [2.45, 2.75) is 31.9 Å². The van der Waals surface area contributed by atoms with Crippen LogP contribution in [0, 0.1) is 13.8 Å². The molecule has 2 rings (SSSR count). The summed E-state index contributed by atoms with van der Waals surface area (Å²) in [5.74, 6) is 0.543. The van der Waals surface area contributed by atoms with E-state index in [9.17, 15) is 13.5 Å². The van der Waals surface area contributed by atoms with E-state index in [0.29, 0.717) is 16.9 Å². The highest BCUT2D eigenvalue weighted by Crippen LogP contribution is 2.21. The van der Waals surface area contributed by atoms with Gasteiger partial charge in [-0.25, -0.2) is 13.1 Å². The third kappa shape index (κ3) is 3.09. The average molecular weight is 295 g/mol. The van der Waals surface area contributed by atoms with Crippen LogP contribution >= 0.6 is 0 Å². The molecular weight excluding hydrogens is 278 g/mol. The summed E-state index contributed by atoms with van der Waals surface area (Å²) >= 11 is 0. The monoisotopic (exact) mass is 295 g/mol. The zero-order chi connectivity index (χ0) is 14.8. The molecule has 0 fully saturated rings.